The van der Waals surface area contributed by atoms with Crippen molar-refractivity contribution in [2.45, 2.75) is 58.9 Å². The molecule has 1 nitrogen and oxygen atoms in total. The van der Waals surface area contributed by atoms with E-state index in [1.54, 1.807) is 0 Å². The Bertz CT molecular complexity index is 402. The highest BCUT2D eigenvalue weighted by molar-refractivity contribution is 5.27. The Morgan fingerprint density at radius 1 is 1.17 bits per heavy atom. The third-order valence-electron chi connectivity index (χ3n) is 4.60. The standard InChI is InChI=1S/C17H27N/c1-12-6-5-7-13(10-12)15-11-14(17(2,3)4)8-9-16(15)18/h5-7,10,14-16H,8-9,11,18H2,1-4H3. The molecule has 0 amide bonds. The first kappa shape index (κ1) is 13.6. The molecule has 0 radical (unpaired) electrons. The Morgan fingerprint density at radius 2 is 1.89 bits per heavy atom. The predicted octanol–water partition coefficient (Wildman–Crippen LogP) is 4.25. The minimum absolute atomic E-state index is 0.338. The van der Waals surface area contributed by atoms with Gasteiger partial charge in [-0.3, -0.25) is 0 Å². The smallest absolute Gasteiger partial charge is 0.0108 e. The van der Waals surface area contributed by atoms with Crippen LogP contribution in [0.1, 0.15) is 57.1 Å². The lowest BCUT2D eigenvalue weighted by atomic mass is 9.66. The lowest BCUT2D eigenvalue weighted by Crippen LogP contribution is -2.38. The van der Waals surface area contributed by atoms with Crippen molar-refractivity contribution in [2.75, 3.05) is 0 Å². The summed E-state index contributed by atoms with van der Waals surface area (Å²) in [6, 6.07) is 9.24. The summed E-state index contributed by atoms with van der Waals surface area (Å²) >= 11 is 0. The van der Waals surface area contributed by atoms with Gasteiger partial charge in [0.15, 0.2) is 0 Å². The summed E-state index contributed by atoms with van der Waals surface area (Å²) in [6.45, 7) is 9.25. The van der Waals surface area contributed by atoms with E-state index in [2.05, 4.69) is 52.0 Å². The molecule has 2 rings (SSSR count). The number of rotatable bonds is 1. The summed E-state index contributed by atoms with van der Waals surface area (Å²) in [5.41, 5.74) is 9.56. The molecule has 3 unspecified atom stereocenters. The second-order valence-corrected chi connectivity index (χ2v) is 7.06. The van der Waals surface area contributed by atoms with Crippen LogP contribution in [0.2, 0.25) is 0 Å². The predicted molar refractivity (Wildman–Crippen MR) is 78.7 cm³/mol. The average Bonchev–Trinajstić information content (AvgIpc) is 2.28. The molecule has 1 fully saturated rings. The molecule has 1 saturated carbocycles. The highest BCUT2D eigenvalue weighted by Crippen LogP contribution is 2.43. The first-order valence-corrected chi connectivity index (χ1v) is 7.20. The molecule has 1 aliphatic rings. The summed E-state index contributed by atoms with van der Waals surface area (Å²) in [7, 11) is 0. The molecule has 0 aromatic heterocycles. The van der Waals surface area contributed by atoms with Crippen molar-refractivity contribution < 1.29 is 0 Å². The summed E-state index contributed by atoms with van der Waals surface area (Å²) < 4.78 is 0. The maximum atomic E-state index is 6.37. The van der Waals surface area contributed by atoms with Crippen LogP contribution in [0.25, 0.3) is 0 Å². The van der Waals surface area contributed by atoms with E-state index in [4.69, 9.17) is 5.73 Å². The SMILES string of the molecule is Cc1cccc(C2CC(C(C)(C)C)CCC2N)c1. The monoisotopic (exact) mass is 245 g/mol. The fourth-order valence-corrected chi connectivity index (χ4v) is 3.26. The Kier molecular flexibility index (Phi) is 3.82. The number of hydrogen-bond donors (Lipinski definition) is 1. The lowest BCUT2D eigenvalue weighted by Gasteiger charge is -2.41. The van der Waals surface area contributed by atoms with E-state index < -0.39 is 0 Å². The van der Waals surface area contributed by atoms with Gasteiger partial charge in [-0.1, -0.05) is 50.6 Å². The first-order chi connectivity index (χ1) is 8.38. The fourth-order valence-electron chi connectivity index (χ4n) is 3.26. The number of nitrogens with two attached hydrogens (primary N) is 1. The van der Waals surface area contributed by atoms with Crippen molar-refractivity contribution in [1.29, 1.82) is 0 Å². The third kappa shape index (κ3) is 2.95. The van der Waals surface area contributed by atoms with Gasteiger partial charge in [-0.15, -0.1) is 0 Å². The summed E-state index contributed by atoms with van der Waals surface area (Å²) in [4.78, 5) is 0. The van der Waals surface area contributed by atoms with Gasteiger partial charge < -0.3 is 5.73 Å². The topological polar surface area (TPSA) is 26.0 Å². The number of benzene rings is 1. The van der Waals surface area contributed by atoms with E-state index >= 15 is 0 Å². The van der Waals surface area contributed by atoms with Gasteiger partial charge in [-0.2, -0.15) is 0 Å². The van der Waals surface area contributed by atoms with Gasteiger partial charge in [0.2, 0.25) is 0 Å². The molecule has 0 saturated heterocycles. The minimum Gasteiger partial charge on any atom is -0.327 e. The molecule has 100 valence electrons. The van der Waals surface area contributed by atoms with Crippen LogP contribution in [0.4, 0.5) is 0 Å². The molecule has 3 atom stereocenters. The molecular weight excluding hydrogens is 218 g/mol. The van der Waals surface area contributed by atoms with Gasteiger partial charge in [-0.05, 0) is 49.0 Å². The molecule has 0 bridgehead atoms. The zero-order valence-electron chi connectivity index (χ0n) is 12.2. The molecule has 2 N–H and O–H groups in total. The molecule has 0 heterocycles. The second kappa shape index (κ2) is 5.05. The van der Waals surface area contributed by atoms with Crippen molar-refractivity contribution in [3.63, 3.8) is 0 Å². The highest BCUT2D eigenvalue weighted by Gasteiger charge is 2.34. The van der Waals surface area contributed by atoms with Crippen molar-refractivity contribution in [1.82, 2.24) is 0 Å². The summed E-state index contributed by atoms with van der Waals surface area (Å²) in [6.07, 6.45) is 3.70. The van der Waals surface area contributed by atoms with E-state index in [0.29, 0.717) is 17.4 Å². The largest absolute Gasteiger partial charge is 0.327 e. The van der Waals surface area contributed by atoms with Crippen molar-refractivity contribution in [2.24, 2.45) is 17.1 Å². The first-order valence-electron chi connectivity index (χ1n) is 7.20. The molecule has 1 heteroatoms. The van der Waals surface area contributed by atoms with Gasteiger partial charge in [0.1, 0.15) is 0 Å². The van der Waals surface area contributed by atoms with E-state index in [-0.39, 0.29) is 0 Å². The zero-order valence-corrected chi connectivity index (χ0v) is 12.2. The average molecular weight is 245 g/mol. The Balaban J connectivity index is 2.20. The quantitative estimate of drug-likeness (QED) is 0.786. The maximum Gasteiger partial charge on any atom is 0.0108 e. The van der Waals surface area contributed by atoms with Crippen LogP contribution in [0, 0.1) is 18.3 Å². The minimum atomic E-state index is 0.338. The van der Waals surface area contributed by atoms with Crippen molar-refractivity contribution in [3.8, 4) is 0 Å². The Labute approximate surface area is 112 Å². The fraction of sp³-hybridized carbons (Fsp3) is 0.647. The van der Waals surface area contributed by atoms with Crippen LogP contribution in [-0.2, 0) is 0 Å². The van der Waals surface area contributed by atoms with E-state index in [9.17, 15) is 0 Å². The van der Waals surface area contributed by atoms with Gasteiger partial charge in [-0.25, -0.2) is 0 Å². The lowest BCUT2D eigenvalue weighted by molar-refractivity contribution is 0.154. The molecule has 0 spiro atoms. The molecule has 18 heavy (non-hydrogen) atoms. The summed E-state index contributed by atoms with van der Waals surface area (Å²) in [5, 5.41) is 0. The van der Waals surface area contributed by atoms with Crippen molar-refractivity contribution in [3.05, 3.63) is 35.4 Å². The van der Waals surface area contributed by atoms with Crippen LogP contribution in [0.3, 0.4) is 0 Å². The maximum absolute atomic E-state index is 6.37. The van der Waals surface area contributed by atoms with Crippen LogP contribution in [0.15, 0.2) is 24.3 Å². The van der Waals surface area contributed by atoms with Crippen LogP contribution >= 0.6 is 0 Å². The van der Waals surface area contributed by atoms with Crippen LogP contribution in [0.5, 0.6) is 0 Å². The van der Waals surface area contributed by atoms with E-state index in [1.807, 2.05) is 0 Å². The normalized spacial score (nSPS) is 29.3. The van der Waals surface area contributed by atoms with Crippen molar-refractivity contribution >= 4 is 0 Å². The highest BCUT2D eigenvalue weighted by atomic mass is 14.7. The van der Waals surface area contributed by atoms with Gasteiger partial charge in [0.05, 0.1) is 0 Å². The number of hydrogen-bond acceptors (Lipinski definition) is 1. The van der Waals surface area contributed by atoms with Gasteiger partial charge >= 0.3 is 0 Å². The van der Waals surface area contributed by atoms with Crippen LogP contribution < -0.4 is 5.73 Å². The second-order valence-electron chi connectivity index (χ2n) is 7.06. The van der Waals surface area contributed by atoms with Crippen LogP contribution in [-0.4, -0.2) is 6.04 Å². The van der Waals surface area contributed by atoms with E-state index in [1.165, 1.54) is 30.4 Å². The van der Waals surface area contributed by atoms with Gasteiger partial charge in [0, 0.05) is 6.04 Å². The molecule has 1 aromatic rings. The molecular formula is C17H27N. The summed E-state index contributed by atoms with van der Waals surface area (Å²) in [5.74, 6) is 1.34. The van der Waals surface area contributed by atoms with E-state index in [0.717, 1.165) is 5.92 Å². The molecule has 1 aromatic carbocycles. The molecule has 0 aliphatic heterocycles. The third-order valence-corrected chi connectivity index (χ3v) is 4.60. The molecule has 1 aliphatic carbocycles. The Morgan fingerprint density at radius 3 is 2.50 bits per heavy atom. The Hall–Kier alpha value is -0.820. The van der Waals surface area contributed by atoms with Gasteiger partial charge in [0.25, 0.3) is 0 Å². The number of aryl methyl sites for hydroxylation is 1. The zero-order chi connectivity index (χ0) is 13.3.